The van der Waals surface area contributed by atoms with Gasteiger partial charge in [-0.3, -0.25) is 0 Å². The Morgan fingerprint density at radius 3 is 1.51 bits per heavy atom. The van der Waals surface area contributed by atoms with E-state index in [9.17, 15) is 0 Å². The van der Waals surface area contributed by atoms with Crippen LogP contribution < -0.4 is 0 Å². The number of rotatable bonds is 5. The van der Waals surface area contributed by atoms with E-state index < -0.39 is 0 Å². The highest BCUT2D eigenvalue weighted by atomic mass is 16.3. The van der Waals surface area contributed by atoms with Crippen molar-refractivity contribution in [2.45, 2.75) is 0 Å². The molecule has 0 radical (unpaired) electrons. The van der Waals surface area contributed by atoms with E-state index in [1.165, 1.54) is 21.9 Å². The second-order valence-corrected chi connectivity index (χ2v) is 11.7. The average Bonchev–Trinajstić information content (AvgIpc) is 3.53. The summed E-state index contributed by atoms with van der Waals surface area (Å²) in [4.78, 5) is 15.1. The van der Waals surface area contributed by atoms with Gasteiger partial charge in [0.1, 0.15) is 11.2 Å². The Hall–Kier alpha value is -6.39. The first-order valence-electron chi connectivity index (χ1n) is 15.7. The maximum Gasteiger partial charge on any atom is 0.164 e. The van der Waals surface area contributed by atoms with E-state index in [0.29, 0.717) is 17.5 Å². The number of aromatic nitrogens is 3. The Labute approximate surface area is 271 Å². The fourth-order valence-corrected chi connectivity index (χ4v) is 6.36. The van der Waals surface area contributed by atoms with Crippen LogP contribution in [-0.2, 0) is 0 Å². The Balaban J connectivity index is 1.29. The molecule has 0 fully saturated rings. The third-order valence-corrected chi connectivity index (χ3v) is 8.70. The zero-order chi connectivity index (χ0) is 31.2. The average molecular weight is 602 g/mol. The molecule has 0 aliphatic rings. The number of furan rings is 1. The summed E-state index contributed by atoms with van der Waals surface area (Å²) in [5.74, 6) is 1.85. The Kier molecular flexibility index (Phi) is 6.43. The molecule has 0 saturated heterocycles. The second kappa shape index (κ2) is 11.2. The zero-order valence-corrected chi connectivity index (χ0v) is 25.3. The number of hydrogen-bond acceptors (Lipinski definition) is 4. The van der Waals surface area contributed by atoms with Crippen LogP contribution >= 0.6 is 0 Å². The van der Waals surface area contributed by atoms with Crippen LogP contribution in [0.3, 0.4) is 0 Å². The molecule has 9 rings (SSSR count). The van der Waals surface area contributed by atoms with Crippen molar-refractivity contribution in [3.8, 4) is 56.4 Å². The summed E-state index contributed by atoms with van der Waals surface area (Å²) in [6, 6.07) is 56.4. The van der Waals surface area contributed by atoms with Gasteiger partial charge in [0.05, 0.1) is 0 Å². The molecule has 2 heterocycles. The number of nitrogens with zero attached hydrogens (tertiary/aromatic N) is 3. The maximum absolute atomic E-state index is 6.50. The summed E-state index contributed by atoms with van der Waals surface area (Å²) < 4.78 is 6.50. The van der Waals surface area contributed by atoms with Crippen LogP contribution in [0, 0.1) is 0 Å². The monoisotopic (exact) mass is 601 g/mol. The quantitative estimate of drug-likeness (QED) is 0.197. The van der Waals surface area contributed by atoms with Crippen LogP contribution in [-0.4, -0.2) is 15.0 Å². The summed E-state index contributed by atoms with van der Waals surface area (Å²) >= 11 is 0. The topological polar surface area (TPSA) is 51.8 Å². The van der Waals surface area contributed by atoms with Crippen molar-refractivity contribution < 1.29 is 4.42 Å². The number of benzene rings is 7. The molecule has 0 unspecified atom stereocenters. The molecule has 220 valence electrons. The van der Waals surface area contributed by atoms with Crippen molar-refractivity contribution in [3.05, 3.63) is 164 Å². The molecule has 2 aromatic heterocycles. The van der Waals surface area contributed by atoms with Crippen LogP contribution in [0.25, 0.3) is 89.1 Å². The molecular weight excluding hydrogens is 574 g/mol. The van der Waals surface area contributed by atoms with Crippen molar-refractivity contribution in [2.75, 3.05) is 0 Å². The van der Waals surface area contributed by atoms with E-state index in [1.807, 2.05) is 84.9 Å². The van der Waals surface area contributed by atoms with Gasteiger partial charge in [0, 0.05) is 27.5 Å². The molecule has 0 N–H and O–H groups in total. The van der Waals surface area contributed by atoms with Crippen LogP contribution in [0.1, 0.15) is 0 Å². The number of hydrogen-bond donors (Lipinski definition) is 0. The Bertz CT molecular complexity index is 2500. The summed E-state index contributed by atoms with van der Waals surface area (Å²) in [6.45, 7) is 0. The van der Waals surface area contributed by atoms with Crippen LogP contribution in [0.2, 0.25) is 0 Å². The third-order valence-electron chi connectivity index (χ3n) is 8.70. The van der Waals surface area contributed by atoms with E-state index in [1.54, 1.807) is 0 Å². The molecule has 0 spiro atoms. The van der Waals surface area contributed by atoms with Gasteiger partial charge in [0.25, 0.3) is 0 Å². The van der Waals surface area contributed by atoms with Crippen molar-refractivity contribution in [3.63, 3.8) is 0 Å². The smallest absolute Gasteiger partial charge is 0.164 e. The molecule has 0 aliphatic heterocycles. The summed E-state index contributed by atoms with van der Waals surface area (Å²) in [7, 11) is 0. The largest absolute Gasteiger partial charge is 0.456 e. The van der Waals surface area contributed by atoms with E-state index in [2.05, 4.69) is 78.9 Å². The van der Waals surface area contributed by atoms with Crippen molar-refractivity contribution in [1.82, 2.24) is 15.0 Å². The second-order valence-electron chi connectivity index (χ2n) is 11.7. The molecule has 0 saturated carbocycles. The lowest BCUT2D eigenvalue weighted by Crippen LogP contribution is -2.00. The first kappa shape index (κ1) is 27.0. The van der Waals surface area contributed by atoms with E-state index in [4.69, 9.17) is 19.4 Å². The van der Waals surface area contributed by atoms with E-state index in [0.717, 1.165) is 49.8 Å². The van der Waals surface area contributed by atoms with Gasteiger partial charge in [-0.25, -0.2) is 15.0 Å². The molecule has 0 bridgehead atoms. The minimum absolute atomic E-state index is 0.600. The van der Waals surface area contributed by atoms with Crippen molar-refractivity contribution in [1.29, 1.82) is 0 Å². The fraction of sp³-hybridized carbons (Fsp3) is 0. The highest BCUT2D eigenvalue weighted by Crippen LogP contribution is 2.40. The molecule has 0 atom stereocenters. The van der Waals surface area contributed by atoms with Gasteiger partial charge in [-0.05, 0) is 63.4 Å². The van der Waals surface area contributed by atoms with Gasteiger partial charge < -0.3 is 4.42 Å². The van der Waals surface area contributed by atoms with E-state index >= 15 is 0 Å². The molecule has 47 heavy (non-hydrogen) atoms. The first-order valence-corrected chi connectivity index (χ1v) is 15.7. The lowest BCUT2D eigenvalue weighted by atomic mass is 9.95. The predicted molar refractivity (Wildman–Crippen MR) is 192 cm³/mol. The highest BCUT2D eigenvalue weighted by molar-refractivity contribution is 6.13. The Morgan fingerprint density at radius 1 is 0.340 bits per heavy atom. The molecule has 0 amide bonds. The van der Waals surface area contributed by atoms with Crippen molar-refractivity contribution >= 4 is 32.7 Å². The van der Waals surface area contributed by atoms with Gasteiger partial charge in [0.15, 0.2) is 17.5 Å². The minimum Gasteiger partial charge on any atom is -0.456 e. The first-order chi connectivity index (χ1) is 23.3. The molecule has 4 nitrogen and oxygen atoms in total. The number of fused-ring (bicyclic) bond motifs is 4. The fourth-order valence-electron chi connectivity index (χ4n) is 6.36. The van der Waals surface area contributed by atoms with Gasteiger partial charge in [-0.15, -0.1) is 0 Å². The predicted octanol–water partition coefficient (Wildman–Crippen LogP) is 11.3. The molecular formula is C43H27N3O. The molecule has 4 heteroatoms. The highest BCUT2D eigenvalue weighted by Gasteiger charge is 2.19. The van der Waals surface area contributed by atoms with Gasteiger partial charge in [0.2, 0.25) is 0 Å². The van der Waals surface area contributed by atoms with Crippen LogP contribution in [0.15, 0.2) is 168 Å². The van der Waals surface area contributed by atoms with Crippen LogP contribution in [0.4, 0.5) is 0 Å². The van der Waals surface area contributed by atoms with Crippen LogP contribution in [0.5, 0.6) is 0 Å². The van der Waals surface area contributed by atoms with Gasteiger partial charge >= 0.3 is 0 Å². The van der Waals surface area contributed by atoms with Crippen molar-refractivity contribution in [2.24, 2.45) is 0 Å². The normalized spacial score (nSPS) is 11.4. The summed E-state index contributed by atoms with van der Waals surface area (Å²) in [6.07, 6.45) is 0. The van der Waals surface area contributed by atoms with Gasteiger partial charge in [-0.2, -0.15) is 0 Å². The lowest BCUT2D eigenvalue weighted by Gasteiger charge is -2.12. The molecule has 0 aliphatic carbocycles. The molecule has 9 aromatic rings. The number of para-hydroxylation sites is 1. The zero-order valence-electron chi connectivity index (χ0n) is 25.3. The standard InChI is InChI=1S/C43H27N3O/c1-4-12-28(13-5-1)32-22-20-29-21-23-33(25-34(29)24-32)35-26-37(40-36-18-10-11-19-38(36)47-39(40)27-35)43-45-41(30-14-6-2-7-15-30)44-42(46-43)31-16-8-3-9-17-31/h1-27H. The lowest BCUT2D eigenvalue weighted by molar-refractivity contribution is 0.669. The molecule has 7 aromatic carbocycles. The SMILES string of the molecule is c1ccc(-c2ccc3ccc(-c4cc(-c5nc(-c6ccccc6)nc(-c6ccccc6)n5)c5c(c4)oc4ccccc45)cc3c2)cc1. The van der Waals surface area contributed by atoms with Gasteiger partial charge in [-0.1, -0.05) is 133 Å². The summed E-state index contributed by atoms with van der Waals surface area (Å²) in [5.41, 5.74) is 8.89. The summed E-state index contributed by atoms with van der Waals surface area (Å²) in [5, 5.41) is 4.38. The Morgan fingerprint density at radius 2 is 0.872 bits per heavy atom. The van der Waals surface area contributed by atoms with E-state index in [-0.39, 0.29) is 0 Å². The maximum atomic E-state index is 6.50. The third kappa shape index (κ3) is 4.93. The minimum atomic E-state index is 0.600.